The number of carboxylic acid groups (broad SMARTS) is 1. The lowest BCUT2D eigenvalue weighted by Crippen LogP contribution is -2.07. The van der Waals surface area contributed by atoms with Crippen LogP contribution in [-0.4, -0.2) is 26.8 Å². The number of rotatable bonds is 2. The topological polar surface area (TPSA) is 72.2 Å². The molecule has 0 fully saturated rings. The first kappa shape index (κ1) is 12.0. The van der Waals surface area contributed by atoms with E-state index in [9.17, 15) is 9.59 Å². The summed E-state index contributed by atoms with van der Waals surface area (Å²) in [4.78, 5) is 21.8. The van der Waals surface area contributed by atoms with Crippen LogP contribution >= 0.6 is 0 Å². The molecule has 0 saturated carbocycles. The maximum Gasteiger partial charge on any atom is 0.328 e. The van der Waals surface area contributed by atoms with Crippen molar-refractivity contribution < 1.29 is 14.7 Å². The van der Waals surface area contributed by atoms with E-state index in [4.69, 9.17) is 5.11 Å². The van der Waals surface area contributed by atoms with E-state index in [1.165, 1.54) is 17.7 Å². The van der Waals surface area contributed by atoms with Crippen LogP contribution in [0.25, 0.3) is 17.0 Å². The van der Waals surface area contributed by atoms with Crippen molar-refractivity contribution in [2.45, 2.75) is 13.8 Å². The minimum absolute atomic E-state index is 0.151. The minimum Gasteiger partial charge on any atom is -0.478 e. The molecule has 1 aromatic heterocycles. The van der Waals surface area contributed by atoms with E-state index >= 15 is 0 Å². The molecule has 18 heavy (non-hydrogen) atoms. The number of hydrogen-bond acceptors (Lipinski definition) is 3. The Morgan fingerprint density at radius 3 is 2.72 bits per heavy atom. The Labute approximate surface area is 103 Å². The van der Waals surface area contributed by atoms with Crippen molar-refractivity contribution in [1.82, 2.24) is 9.78 Å². The van der Waals surface area contributed by atoms with E-state index in [2.05, 4.69) is 5.10 Å². The average Bonchev–Trinajstić information content (AvgIpc) is 2.70. The highest BCUT2D eigenvalue weighted by molar-refractivity contribution is 5.93. The molecule has 0 saturated heterocycles. The van der Waals surface area contributed by atoms with Gasteiger partial charge in [-0.15, -0.1) is 0 Å². The third kappa shape index (κ3) is 2.15. The first-order valence-corrected chi connectivity index (χ1v) is 5.39. The van der Waals surface area contributed by atoms with Crippen molar-refractivity contribution in [3.05, 3.63) is 35.5 Å². The molecule has 2 aromatic rings. The van der Waals surface area contributed by atoms with Crippen molar-refractivity contribution in [1.29, 1.82) is 0 Å². The lowest BCUT2D eigenvalue weighted by Gasteiger charge is -2.03. The highest BCUT2D eigenvalue weighted by Crippen LogP contribution is 2.21. The Balaban J connectivity index is 2.58. The molecule has 0 bridgehead atoms. The Morgan fingerprint density at radius 2 is 2.11 bits per heavy atom. The zero-order valence-corrected chi connectivity index (χ0v) is 10.0. The number of hydrogen-bond donors (Lipinski definition) is 1. The van der Waals surface area contributed by atoms with E-state index in [0.717, 1.165) is 28.1 Å². The molecule has 5 heteroatoms. The standard InChI is InChI=1S/C13H12N2O3/c1-8-5-10(3-4-12(17)18)6-11-7-14-15(9(2)16)13(8)11/h3-7H,1-2H3,(H,17,18). The summed E-state index contributed by atoms with van der Waals surface area (Å²) >= 11 is 0. The number of benzene rings is 1. The van der Waals surface area contributed by atoms with Crippen LogP contribution in [0.2, 0.25) is 0 Å². The van der Waals surface area contributed by atoms with Gasteiger partial charge in [0.05, 0.1) is 11.7 Å². The largest absolute Gasteiger partial charge is 0.478 e. The van der Waals surface area contributed by atoms with Crippen LogP contribution in [0.5, 0.6) is 0 Å². The first-order chi connectivity index (χ1) is 8.49. The van der Waals surface area contributed by atoms with Gasteiger partial charge in [-0.05, 0) is 36.3 Å². The fourth-order valence-corrected chi connectivity index (χ4v) is 1.90. The number of nitrogens with zero attached hydrogens (tertiary/aromatic N) is 2. The fourth-order valence-electron chi connectivity index (χ4n) is 1.90. The lowest BCUT2D eigenvalue weighted by molar-refractivity contribution is -0.131. The number of aromatic nitrogens is 2. The van der Waals surface area contributed by atoms with E-state index in [1.54, 1.807) is 12.3 Å². The molecule has 1 heterocycles. The Kier molecular flexibility index (Phi) is 2.97. The SMILES string of the molecule is CC(=O)n1ncc2cc(C=CC(=O)O)cc(C)c21. The Hall–Kier alpha value is -2.43. The van der Waals surface area contributed by atoms with Gasteiger partial charge in [0.1, 0.15) is 0 Å². The summed E-state index contributed by atoms with van der Waals surface area (Å²) in [6.45, 7) is 3.31. The molecule has 0 aliphatic carbocycles. The van der Waals surface area contributed by atoms with E-state index < -0.39 is 5.97 Å². The van der Waals surface area contributed by atoms with Gasteiger partial charge in [-0.1, -0.05) is 0 Å². The van der Waals surface area contributed by atoms with Crippen molar-refractivity contribution in [3.8, 4) is 0 Å². The molecule has 0 aliphatic rings. The van der Waals surface area contributed by atoms with Gasteiger partial charge in [-0.25, -0.2) is 9.48 Å². The summed E-state index contributed by atoms with van der Waals surface area (Å²) in [7, 11) is 0. The van der Waals surface area contributed by atoms with Crippen LogP contribution < -0.4 is 0 Å². The first-order valence-electron chi connectivity index (χ1n) is 5.39. The highest BCUT2D eigenvalue weighted by Gasteiger charge is 2.09. The monoisotopic (exact) mass is 244 g/mol. The molecule has 0 aliphatic heterocycles. The molecule has 1 N–H and O–H groups in total. The molecule has 0 amide bonds. The van der Waals surface area contributed by atoms with Crippen LogP contribution in [0.4, 0.5) is 0 Å². The van der Waals surface area contributed by atoms with Crippen LogP contribution in [0.3, 0.4) is 0 Å². The van der Waals surface area contributed by atoms with Gasteiger partial charge >= 0.3 is 5.97 Å². The molecule has 0 radical (unpaired) electrons. The third-order valence-corrected chi connectivity index (χ3v) is 2.59. The molecule has 0 unspecified atom stereocenters. The van der Waals surface area contributed by atoms with Crippen molar-refractivity contribution in [3.63, 3.8) is 0 Å². The van der Waals surface area contributed by atoms with Gasteiger partial charge in [0, 0.05) is 18.4 Å². The zero-order valence-electron chi connectivity index (χ0n) is 10.0. The Bertz CT molecular complexity index is 668. The molecule has 5 nitrogen and oxygen atoms in total. The van der Waals surface area contributed by atoms with E-state index in [0.29, 0.717) is 0 Å². The third-order valence-electron chi connectivity index (χ3n) is 2.59. The summed E-state index contributed by atoms with van der Waals surface area (Å²) in [5.41, 5.74) is 2.41. The van der Waals surface area contributed by atoms with Crippen molar-refractivity contribution in [2.24, 2.45) is 0 Å². The lowest BCUT2D eigenvalue weighted by atomic mass is 10.1. The molecular formula is C13H12N2O3. The maximum absolute atomic E-state index is 11.4. The van der Waals surface area contributed by atoms with Crippen LogP contribution in [0, 0.1) is 6.92 Å². The van der Waals surface area contributed by atoms with Crippen LogP contribution in [0.1, 0.15) is 22.8 Å². The summed E-state index contributed by atoms with van der Waals surface area (Å²) in [6.07, 6.45) is 4.19. The average molecular weight is 244 g/mol. The summed E-state index contributed by atoms with van der Waals surface area (Å²) in [5.74, 6) is -1.14. The highest BCUT2D eigenvalue weighted by atomic mass is 16.4. The van der Waals surface area contributed by atoms with Crippen LogP contribution in [-0.2, 0) is 4.79 Å². The van der Waals surface area contributed by atoms with Gasteiger partial charge in [-0.3, -0.25) is 4.79 Å². The number of aliphatic carboxylic acids is 1. The van der Waals surface area contributed by atoms with E-state index in [1.807, 2.05) is 13.0 Å². The smallest absolute Gasteiger partial charge is 0.328 e. The van der Waals surface area contributed by atoms with Gasteiger partial charge < -0.3 is 5.11 Å². The fraction of sp³-hybridized carbons (Fsp3) is 0.154. The number of carboxylic acids is 1. The number of carbonyl (C=O) groups is 2. The minimum atomic E-state index is -0.993. The van der Waals surface area contributed by atoms with E-state index in [-0.39, 0.29) is 5.91 Å². The molecular weight excluding hydrogens is 232 g/mol. The van der Waals surface area contributed by atoms with Gasteiger partial charge in [0.25, 0.3) is 0 Å². The molecule has 0 spiro atoms. The summed E-state index contributed by atoms with van der Waals surface area (Å²) in [6, 6.07) is 3.62. The van der Waals surface area contributed by atoms with Crippen LogP contribution in [0.15, 0.2) is 24.4 Å². The van der Waals surface area contributed by atoms with Crippen molar-refractivity contribution >= 4 is 28.9 Å². The normalized spacial score (nSPS) is 11.2. The second-order valence-corrected chi connectivity index (χ2v) is 4.02. The molecule has 1 aromatic carbocycles. The zero-order chi connectivity index (χ0) is 13.3. The number of carbonyl (C=O) groups excluding carboxylic acids is 1. The predicted molar refractivity (Wildman–Crippen MR) is 67.4 cm³/mol. The van der Waals surface area contributed by atoms with Crippen molar-refractivity contribution in [2.75, 3.05) is 0 Å². The molecule has 92 valence electrons. The van der Waals surface area contributed by atoms with Gasteiger partial charge in [0.2, 0.25) is 5.91 Å². The molecule has 2 rings (SSSR count). The maximum atomic E-state index is 11.4. The Morgan fingerprint density at radius 1 is 1.39 bits per heavy atom. The predicted octanol–water partition coefficient (Wildman–Crippen LogP) is 2.10. The van der Waals surface area contributed by atoms with Gasteiger partial charge in [0.15, 0.2) is 0 Å². The second kappa shape index (κ2) is 4.44. The number of aryl methyl sites for hydroxylation is 1. The summed E-state index contributed by atoms with van der Waals surface area (Å²) < 4.78 is 1.34. The summed E-state index contributed by atoms with van der Waals surface area (Å²) in [5, 5.41) is 13.4. The molecule has 0 atom stereocenters. The second-order valence-electron chi connectivity index (χ2n) is 4.02. The van der Waals surface area contributed by atoms with Gasteiger partial charge in [-0.2, -0.15) is 5.10 Å². The number of fused-ring (bicyclic) bond motifs is 1. The quantitative estimate of drug-likeness (QED) is 0.821.